The lowest BCUT2D eigenvalue weighted by Crippen LogP contribution is -2.59. The number of ether oxygens (including phenoxy) is 1. The van der Waals surface area contributed by atoms with Gasteiger partial charge in [-0.1, -0.05) is 12.2 Å². The van der Waals surface area contributed by atoms with Gasteiger partial charge in [-0.25, -0.2) is 4.79 Å². The van der Waals surface area contributed by atoms with Crippen LogP contribution in [0.5, 0.6) is 0 Å². The van der Waals surface area contributed by atoms with Crippen LogP contribution in [0.25, 0.3) is 0 Å². The van der Waals surface area contributed by atoms with Crippen LogP contribution < -0.4 is 5.32 Å². The average molecular weight is 309 g/mol. The van der Waals surface area contributed by atoms with Crippen molar-refractivity contribution in [2.24, 2.45) is 0 Å². The predicted molar refractivity (Wildman–Crippen MR) is 91.0 cm³/mol. The third-order valence-corrected chi connectivity index (χ3v) is 3.93. The van der Waals surface area contributed by atoms with Crippen LogP contribution in [0.2, 0.25) is 0 Å². The Morgan fingerprint density at radius 1 is 1.27 bits per heavy atom. The number of carbonyl (C=O) groups is 1. The van der Waals surface area contributed by atoms with Crippen LogP contribution >= 0.6 is 0 Å². The van der Waals surface area contributed by atoms with Crippen LogP contribution in [0.4, 0.5) is 4.79 Å². The number of morpholine rings is 1. The first-order chi connectivity index (χ1) is 10.3. The highest BCUT2D eigenvalue weighted by molar-refractivity contribution is 5.74. The summed E-state index contributed by atoms with van der Waals surface area (Å²) in [6.45, 7) is 19.3. The lowest BCUT2D eigenvalue weighted by atomic mass is 10.00. The predicted octanol–water partition coefficient (Wildman–Crippen LogP) is 2.26. The zero-order chi connectivity index (χ0) is 16.8. The third-order valence-electron chi connectivity index (χ3n) is 3.93. The van der Waals surface area contributed by atoms with Crippen LogP contribution in [0.1, 0.15) is 27.7 Å². The second-order valence-corrected chi connectivity index (χ2v) is 6.62. The summed E-state index contributed by atoms with van der Waals surface area (Å²) in [5.74, 6) is 0. The van der Waals surface area contributed by atoms with E-state index in [-0.39, 0.29) is 23.8 Å². The van der Waals surface area contributed by atoms with Gasteiger partial charge in [-0.3, -0.25) is 4.90 Å². The standard InChI is InChI=1S/C17H31N3O2/c1-7-9-19(10-8-2)16(21)18-13-17(5,6)20-11-14(3)22-15(4)12-20/h7-8,14-15H,1-2,9-13H2,3-6H3,(H,18,21). The molecule has 1 aliphatic heterocycles. The number of hydrogen-bond donors (Lipinski definition) is 1. The van der Waals surface area contributed by atoms with E-state index < -0.39 is 0 Å². The molecular formula is C17H31N3O2. The fraction of sp³-hybridized carbons (Fsp3) is 0.706. The Balaban J connectivity index is 2.58. The molecule has 2 atom stereocenters. The Labute approximate surface area is 135 Å². The average Bonchev–Trinajstić information content (AvgIpc) is 2.43. The molecule has 0 aliphatic carbocycles. The van der Waals surface area contributed by atoms with Gasteiger partial charge in [0.2, 0.25) is 0 Å². The molecule has 0 saturated carbocycles. The molecule has 1 aliphatic rings. The molecule has 5 heteroatoms. The molecule has 1 saturated heterocycles. The van der Waals surface area contributed by atoms with Gasteiger partial charge in [0.05, 0.1) is 12.2 Å². The van der Waals surface area contributed by atoms with Crippen molar-refractivity contribution >= 4 is 6.03 Å². The number of nitrogens with one attached hydrogen (secondary N) is 1. The van der Waals surface area contributed by atoms with E-state index in [9.17, 15) is 4.79 Å². The second-order valence-electron chi connectivity index (χ2n) is 6.62. The highest BCUT2D eigenvalue weighted by atomic mass is 16.5. The summed E-state index contributed by atoms with van der Waals surface area (Å²) in [4.78, 5) is 16.3. The molecule has 22 heavy (non-hydrogen) atoms. The monoisotopic (exact) mass is 309 g/mol. The van der Waals surface area contributed by atoms with Crippen LogP contribution in [-0.2, 0) is 4.74 Å². The summed E-state index contributed by atoms with van der Waals surface area (Å²) >= 11 is 0. The van der Waals surface area contributed by atoms with E-state index in [2.05, 4.69) is 51.1 Å². The number of hydrogen-bond acceptors (Lipinski definition) is 3. The Hall–Kier alpha value is -1.33. The molecule has 1 N–H and O–H groups in total. The van der Waals surface area contributed by atoms with Crippen LogP contribution in [0.15, 0.2) is 25.3 Å². The van der Waals surface area contributed by atoms with Gasteiger partial charge in [0.25, 0.3) is 0 Å². The van der Waals surface area contributed by atoms with Crippen molar-refractivity contribution in [2.75, 3.05) is 32.7 Å². The zero-order valence-electron chi connectivity index (χ0n) is 14.5. The number of amides is 2. The quantitative estimate of drug-likeness (QED) is 0.734. The first-order valence-electron chi connectivity index (χ1n) is 7.95. The summed E-state index contributed by atoms with van der Waals surface area (Å²) in [6.07, 6.45) is 3.88. The Morgan fingerprint density at radius 3 is 2.23 bits per heavy atom. The summed E-state index contributed by atoms with van der Waals surface area (Å²) in [6, 6.07) is -0.0813. The maximum absolute atomic E-state index is 12.3. The van der Waals surface area contributed by atoms with E-state index >= 15 is 0 Å². The van der Waals surface area contributed by atoms with Crippen LogP contribution in [0, 0.1) is 0 Å². The highest BCUT2D eigenvalue weighted by Crippen LogP contribution is 2.20. The first-order valence-corrected chi connectivity index (χ1v) is 7.95. The van der Waals surface area contributed by atoms with Crippen molar-refractivity contribution in [1.82, 2.24) is 15.1 Å². The molecule has 0 aromatic rings. The van der Waals surface area contributed by atoms with E-state index in [0.717, 1.165) is 13.1 Å². The van der Waals surface area contributed by atoms with E-state index in [4.69, 9.17) is 4.74 Å². The number of nitrogens with zero attached hydrogens (tertiary/aromatic N) is 2. The molecule has 0 aromatic heterocycles. The van der Waals surface area contributed by atoms with Gasteiger partial charge in [0.15, 0.2) is 0 Å². The fourth-order valence-electron chi connectivity index (χ4n) is 2.74. The van der Waals surface area contributed by atoms with E-state index in [1.807, 2.05) is 0 Å². The molecule has 126 valence electrons. The first kappa shape index (κ1) is 18.7. The number of urea groups is 1. The third kappa shape index (κ3) is 5.46. The number of carbonyl (C=O) groups excluding carboxylic acids is 1. The molecule has 2 unspecified atom stereocenters. The van der Waals surface area contributed by atoms with E-state index in [0.29, 0.717) is 19.6 Å². The van der Waals surface area contributed by atoms with Gasteiger partial charge in [-0.2, -0.15) is 0 Å². The van der Waals surface area contributed by atoms with Gasteiger partial charge in [0, 0.05) is 38.3 Å². The van der Waals surface area contributed by atoms with Crippen molar-refractivity contribution in [3.8, 4) is 0 Å². The topological polar surface area (TPSA) is 44.8 Å². The van der Waals surface area contributed by atoms with Gasteiger partial charge in [-0.15, -0.1) is 13.2 Å². The molecule has 1 heterocycles. The highest BCUT2D eigenvalue weighted by Gasteiger charge is 2.33. The molecular weight excluding hydrogens is 278 g/mol. The minimum absolute atomic E-state index is 0.0813. The summed E-state index contributed by atoms with van der Waals surface area (Å²) in [5.41, 5.74) is -0.115. The van der Waals surface area contributed by atoms with Gasteiger partial charge in [0.1, 0.15) is 0 Å². The second kappa shape index (κ2) is 8.34. The van der Waals surface area contributed by atoms with Crippen molar-refractivity contribution in [3.05, 3.63) is 25.3 Å². The summed E-state index contributed by atoms with van der Waals surface area (Å²) in [5, 5.41) is 3.03. The molecule has 0 radical (unpaired) electrons. The van der Waals surface area contributed by atoms with Crippen LogP contribution in [0.3, 0.4) is 0 Å². The smallest absolute Gasteiger partial charge is 0.318 e. The maximum atomic E-state index is 12.3. The van der Waals surface area contributed by atoms with E-state index in [1.165, 1.54) is 0 Å². The lowest BCUT2D eigenvalue weighted by molar-refractivity contribution is -0.0948. The minimum Gasteiger partial charge on any atom is -0.373 e. The van der Waals surface area contributed by atoms with Gasteiger partial charge in [-0.05, 0) is 27.7 Å². The number of rotatable bonds is 7. The van der Waals surface area contributed by atoms with Crippen molar-refractivity contribution < 1.29 is 9.53 Å². The zero-order valence-corrected chi connectivity index (χ0v) is 14.5. The Morgan fingerprint density at radius 2 is 1.77 bits per heavy atom. The normalized spacial score (nSPS) is 22.9. The molecule has 5 nitrogen and oxygen atoms in total. The van der Waals surface area contributed by atoms with Gasteiger partial charge >= 0.3 is 6.03 Å². The molecule has 0 aromatic carbocycles. The molecule has 2 amide bonds. The SMILES string of the molecule is C=CCN(CC=C)C(=O)NCC(C)(C)N1CC(C)OC(C)C1. The van der Waals surface area contributed by atoms with Crippen molar-refractivity contribution in [3.63, 3.8) is 0 Å². The minimum atomic E-state index is -0.115. The lowest BCUT2D eigenvalue weighted by Gasteiger charge is -2.45. The van der Waals surface area contributed by atoms with Crippen LogP contribution in [-0.4, -0.2) is 66.3 Å². The summed E-state index contributed by atoms with van der Waals surface area (Å²) < 4.78 is 5.78. The van der Waals surface area contributed by atoms with Crippen molar-refractivity contribution in [2.45, 2.75) is 45.4 Å². The summed E-state index contributed by atoms with van der Waals surface area (Å²) in [7, 11) is 0. The Kier molecular flexibility index (Phi) is 7.10. The molecule has 1 fully saturated rings. The Bertz CT molecular complexity index is 375. The van der Waals surface area contributed by atoms with E-state index in [1.54, 1.807) is 17.1 Å². The molecule has 1 rings (SSSR count). The molecule has 0 bridgehead atoms. The van der Waals surface area contributed by atoms with Crippen molar-refractivity contribution in [1.29, 1.82) is 0 Å². The van der Waals surface area contributed by atoms with Gasteiger partial charge < -0.3 is 15.0 Å². The largest absolute Gasteiger partial charge is 0.373 e. The fourth-order valence-corrected chi connectivity index (χ4v) is 2.74. The maximum Gasteiger partial charge on any atom is 0.318 e. The molecule has 0 spiro atoms.